The van der Waals surface area contributed by atoms with Crippen LogP contribution in [-0.2, 0) is 17.6 Å². The normalized spacial score (nSPS) is 16.7. The van der Waals surface area contributed by atoms with Crippen LogP contribution < -0.4 is 0 Å². The zero-order valence-corrected chi connectivity index (χ0v) is 11.1. The van der Waals surface area contributed by atoms with E-state index in [1.807, 2.05) is 19.9 Å². The maximum Gasteiger partial charge on any atom is 0.338 e. The van der Waals surface area contributed by atoms with Crippen molar-refractivity contribution in [2.24, 2.45) is 5.41 Å². The third kappa shape index (κ3) is 2.36. The van der Waals surface area contributed by atoms with Crippen LogP contribution in [0.2, 0.25) is 0 Å². The average molecular weight is 232 g/mol. The molecule has 0 saturated heterocycles. The predicted octanol–water partition coefficient (Wildman–Crippen LogP) is 3.30. The SMILES string of the molecule is CCOC(=O)c1cc2c(cc1C)CC(C)(C)C2. The first-order chi connectivity index (χ1) is 7.93. The highest BCUT2D eigenvalue weighted by Gasteiger charge is 2.29. The van der Waals surface area contributed by atoms with Crippen molar-refractivity contribution in [3.8, 4) is 0 Å². The van der Waals surface area contributed by atoms with Crippen molar-refractivity contribution in [1.29, 1.82) is 0 Å². The minimum Gasteiger partial charge on any atom is -0.462 e. The summed E-state index contributed by atoms with van der Waals surface area (Å²) in [5, 5.41) is 0. The molecule has 92 valence electrons. The van der Waals surface area contributed by atoms with E-state index >= 15 is 0 Å². The molecule has 0 aromatic heterocycles. The van der Waals surface area contributed by atoms with E-state index in [1.165, 1.54) is 11.1 Å². The molecule has 2 rings (SSSR count). The van der Waals surface area contributed by atoms with Crippen LogP contribution in [0.4, 0.5) is 0 Å². The molecule has 0 atom stereocenters. The minimum absolute atomic E-state index is 0.197. The summed E-state index contributed by atoms with van der Waals surface area (Å²) in [5.74, 6) is -0.197. The first kappa shape index (κ1) is 12.2. The van der Waals surface area contributed by atoms with Crippen molar-refractivity contribution in [3.63, 3.8) is 0 Å². The fourth-order valence-electron chi connectivity index (χ4n) is 2.66. The molecule has 1 aromatic rings. The highest BCUT2D eigenvalue weighted by Crippen LogP contribution is 2.37. The van der Waals surface area contributed by atoms with Crippen LogP contribution >= 0.6 is 0 Å². The largest absolute Gasteiger partial charge is 0.462 e. The number of rotatable bonds is 2. The van der Waals surface area contributed by atoms with E-state index in [0.29, 0.717) is 12.0 Å². The molecule has 17 heavy (non-hydrogen) atoms. The van der Waals surface area contributed by atoms with E-state index in [4.69, 9.17) is 4.74 Å². The van der Waals surface area contributed by atoms with Gasteiger partial charge in [0.1, 0.15) is 0 Å². The molecule has 0 unspecified atom stereocenters. The van der Waals surface area contributed by atoms with Gasteiger partial charge < -0.3 is 4.74 Å². The number of hydrogen-bond donors (Lipinski definition) is 0. The molecule has 1 aliphatic rings. The topological polar surface area (TPSA) is 26.3 Å². The van der Waals surface area contributed by atoms with Crippen LogP contribution in [0, 0.1) is 12.3 Å². The Bertz CT molecular complexity index is 458. The van der Waals surface area contributed by atoms with Gasteiger partial charge >= 0.3 is 5.97 Å². The van der Waals surface area contributed by atoms with Gasteiger partial charge in [-0.3, -0.25) is 0 Å². The van der Waals surface area contributed by atoms with E-state index in [0.717, 1.165) is 24.0 Å². The molecule has 0 fully saturated rings. The minimum atomic E-state index is -0.197. The smallest absolute Gasteiger partial charge is 0.338 e. The highest BCUT2D eigenvalue weighted by atomic mass is 16.5. The van der Waals surface area contributed by atoms with E-state index < -0.39 is 0 Å². The number of aryl methyl sites for hydroxylation is 1. The Kier molecular flexibility index (Phi) is 2.98. The molecule has 0 radical (unpaired) electrons. The number of ether oxygens (including phenoxy) is 1. The zero-order valence-electron chi connectivity index (χ0n) is 11.1. The number of esters is 1. The standard InChI is InChI=1S/C15H20O2/c1-5-17-14(16)13-7-12-9-15(3,4)8-11(12)6-10(13)2/h6-7H,5,8-9H2,1-4H3. The van der Waals surface area contributed by atoms with Gasteiger partial charge in [-0.2, -0.15) is 0 Å². The van der Waals surface area contributed by atoms with Crippen LogP contribution in [-0.4, -0.2) is 12.6 Å². The van der Waals surface area contributed by atoms with E-state index in [-0.39, 0.29) is 5.97 Å². The average Bonchev–Trinajstić information content (AvgIpc) is 2.50. The lowest BCUT2D eigenvalue weighted by Crippen LogP contribution is -2.09. The maximum absolute atomic E-state index is 11.8. The molecule has 2 heteroatoms. The molecule has 0 aliphatic heterocycles. The van der Waals surface area contributed by atoms with Crippen molar-refractivity contribution >= 4 is 5.97 Å². The maximum atomic E-state index is 11.8. The van der Waals surface area contributed by atoms with Crippen LogP contribution in [0.15, 0.2) is 12.1 Å². The van der Waals surface area contributed by atoms with Crippen LogP contribution in [0.3, 0.4) is 0 Å². The van der Waals surface area contributed by atoms with Crippen LogP contribution in [0.1, 0.15) is 47.8 Å². The Morgan fingerprint density at radius 2 is 1.88 bits per heavy atom. The van der Waals surface area contributed by atoms with Gasteiger partial charge in [-0.25, -0.2) is 4.79 Å². The van der Waals surface area contributed by atoms with E-state index in [9.17, 15) is 4.79 Å². The number of carbonyl (C=O) groups is 1. The first-order valence-electron chi connectivity index (χ1n) is 6.22. The Labute approximate surface area is 103 Å². The molecule has 0 amide bonds. The summed E-state index contributed by atoms with van der Waals surface area (Å²) in [6.07, 6.45) is 2.15. The Morgan fingerprint density at radius 3 is 2.47 bits per heavy atom. The monoisotopic (exact) mass is 232 g/mol. The third-order valence-electron chi connectivity index (χ3n) is 3.38. The number of benzene rings is 1. The molecule has 0 N–H and O–H groups in total. The summed E-state index contributed by atoms with van der Waals surface area (Å²) in [4.78, 5) is 11.8. The van der Waals surface area contributed by atoms with Gasteiger partial charge in [0, 0.05) is 0 Å². The lowest BCUT2D eigenvalue weighted by molar-refractivity contribution is 0.0525. The second-order valence-corrected chi connectivity index (χ2v) is 5.67. The van der Waals surface area contributed by atoms with Gasteiger partial charge in [-0.1, -0.05) is 19.9 Å². The van der Waals surface area contributed by atoms with Gasteiger partial charge in [0.15, 0.2) is 0 Å². The summed E-state index contributed by atoms with van der Waals surface area (Å²) in [6, 6.07) is 4.17. The van der Waals surface area contributed by atoms with Crippen molar-refractivity contribution in [1.82, 2.24) is 0 Å². The van der Waals surface area contributed by atoms with Crippen molar-refractivity contribution < 1.29 is 9.53 Å². The summed E-state index contributed by atoms with van der Waals surface area (Å²) >= 11 is 0. The molecule has 1 aliphatic carbocycles. The molecule has 1 aromatic carbocycles. The summed E-state index contributed by atoms with van der Waals surface area (Å²) in [6.45, 7) is 8.79. The Hall–Kier alpha value is -1.31. The fourth-order valence-corrected chi connectivity index (χ4v) is 2.66. The van der Waals surface area contributed by atoms with Gasteiger partial charge in [-0.15, -0.1) is 0 Å². The number of hydrogen-bond acceptors (Lipinski definition) is 2. The predicted molar refractivity (Wildman–Crippen MR) is 68.3 cm³/mol. The molecule has 0 heterocycles. The van der Waals surface area contributed by atoms with E-state index in [1.54, 1.807) is 0 Å². The molecule has 0 saturated carbocycles. The summed E-state index contributed by atoms with van der Waals surface area (Å²) in [7, 11) is 0. The van der Waals surface area contributed by atoms with Gasteiger partial charge in [0.05, 0.1) is 12.2 Å². The first-order valence-corrected chi connectivity index (χ1v) is 6.22. The summed E-state index contributed by atoms with van der Waals surface area (Å²) < 4.78 is 5.08. The number of carbonyl (C=O) groups excluding carboxylic acids is 1. The lowest BCUT2D eigenvalue weighted by Gasteiger charge is -2.14. The second kappa shape index (κ2) is 4.17. The lowest BCUT2D eigenvalue weighted by atomic mass is 9.90. The Balaban J connectivity index is 2.37. The summed E-state index contributed by atoms with van der Waals surface area (Å²) in [5.41, 5.74) is 4.77. The molecule has 2 nitrogen and oxygen atoms in total. The number of fused-ring (bicyclic) bond motifs is 1. The second-order valence-electron chi connectivity index (χ2n) is 5.67. The zero-order chi connectivity index (χ0) is 12.6. The van der Waals surface area contributed by atoms with Gasteiger partial charge in [-0.05, 0) is 54.9 Å². The molecule has 0 spiro atoms. The molecular weight excluding hydrogens is 212 g/mol. The highest BCUT2D eigenvalue weighted by molar-refractivity contribution is 5.91. The van der Waals surface area contributed by atoms with Gasteiger partial charge in [0.2, 0.25) is 0 Å². The fraction of sp³-hybridized carbons (Fsp3) is 0.533. The molecule has 0 bridgehead atoms. The van der Waals surface area contributed by atoms with Crippen LogP contribution in [0.25, 0.3) is 0 Å². The quantitative estimate of drug-likeness (QED) is 0.731. The van der Waals surface area contributed by atoms with Crippen molar-refractivity contribution in [3.05, 3.63) is 34.4 Å². The molecular formula is C15H20O2. The van der Waals surface area contributed by atoms with Crippen molar-refractivity contribution in [2.45, 2.75) is 40.5 Å². The van der Waals surface area contributed by atoms with E-state index in [2.05, 4.69) is 19.9 Å². The van der Waals surface area contributed by atoms with Crippen LogP contribution in [0.5, 0.6) is 0 Å². The van der Waals surface area contributed by atoms with Crippen molar-refractivity contribution in [2.75, 3.05) is 6.61 Å². The third-order valence-corrected chi connectivity index (χ3v) is 3.38. The van der Waals surface area contributed by atoms with Gasteiger partial charge in [0.25, 0.3) is 0 Å². The Morgan fingerprint density at radius 1 is 1.29 bits per heavy atom.